The van der Waals surface area contributed by atoms with Gasteiger partial charge in [-0.2, -0.15) is 0 Å². The molecule has 2 fully saturated rings. The molecular formula is C12H22N2O. The Labute approximate surface area is 92.4 Å². The van der Waals surface area contributed by atoms with Gasteiger partial charge >= 0.3 is 0 Å². The van der Waals surface area contributed by atoms with Crippen LogP contribution in [0.15, 0.2) is 0 Å². The Hall–Kier alpha value is -0.570. The van der Waals surface area contributed by atoms with Gasteiger partial charge in [0.15, 0.2) is 0 Å². The first-order chi connectivity index (χ1) is 7.01. The molecular weight excluding hydrogens is 188 g/mol. The van der Waals surface area contributed by atoms with E-state index in [1.807, 2.05) is 4.90 Å². The number of nitrogens with zero attached hydrogens (tertiary/aromatic N) is 2. The fourth-order valence-electron chi connectivity index (χ4n) is 2.69. The van der Waals surface area contributed by atoms with Crippen LogP contribution in [0.4, 0.5) is 0 Å². The molecule has 1 spiro atoms. The molecule has 0 bridgehead atoms. The average Bonchev–Trinajstić information content (AvgIpc) is 1.96. The number of likely N-dealkylation sites (tertiary alicyclic amines) is 2. The number of amides is 1. The van der Waals surface area contributed by atoms with E-state index in [-0.39, 0.29) is 5.91 Å². The maximum absolute atomic E-state index is 11.1. The number of carbonyl (C=O) groups excluding carboxylic acids is 1. The van der Waals surface area contributed by atoms with Crippen LogP contribution in [-0.4, -0.2) is 48.4 Å². The maximum atomic E-state index is 11.1. The van der Waals surface area contributed by atoms with E-state index in [4.69, 9.17) is 0 Å². The molecule has 86 valence electrons. The minimum atomic E-state index is 0.237. The molecule has 3 heteroatoms. The Morgan fingerprint density at radius 1 is 1.27 bits per heavy atom. The van der Waals surface area contributed by atoms with Gasteiger partial charge in [0.2, 0.25) is 5.91 Å². The van der Waals surface area contributed by atoms with Crippen LogP contribution in [0.2, 0.25) is 0 Å². The third kappa shape index (κ3) is 2.17. The number of carbonyl (C=O) groups is 1. The largest absolute Gasteiger partial charge is 0.341 e. The van der Waals surface area contributed by atoms with Crippen LogP contribution in [0.3, 0.4) is 0 Å². The van der Waals surface area contributed by atoms with Crippen molar-refractivity contribution < 1.29 is 4.79 Å². The minimum absolute atomic E-state index is 0.237. The highest BCUT2D eigenvalue weighted by molar-refractivity contribution is 5.74. The van der Waals surface area contributed by atoms with Gasteiger partial charge in [-0.15, -0.1) is 0 Å². The van der Waals surface area contributed by atoms with E-state index in [2.05, 4.69) is 18.7 Å². The topological polar surface area (TPSA) is 23.6 Å². The minimum Gasteiger partial charge on any atom is -0.341 e. The fraction of sp³-hybridized carbons (Fsp3) is 0.917. The van der Waals surface area contributed by atoms with Crippen LogP contribution in [0, 0.1) is 11.3 Å². The quantitative estimate of drug-likeness (QED) is 0.699. The van der Waals surface area contributed by atoms with E-state index in [0.717, 1.165) is 19.0 Å². The average molecular weight is 210 g/mol. The second kappa shape index (κ2) is 3.78. The van der Waals surface area contributed by atoms with Crippen LogP contribution in [-0.2, 0) is 4.79 Å². The zero-order valence-electron chi connectivity index (χ0n) is 10.1. The van der Waals surface area contributed by atoms with Gasteiger partial charge in [-0.25, -0.2) is 0 Å². The summed E-state index contributed by atoms with van der Waals surface area (Å²) in [5, 5.41) is 0. The van der Waals surface area contributed by atoms with Crippen molar-refractivity contribution in [3.63, 3.8) is 0 Å². The standard InChI is InChI=1S/C12H22N2O/c1-10(2)4-5-13-6-12(7-13)8-14(9-12)11(3)15/h10H,4-9H2,1-3H3. The second-order valence-electron chi connectivity index (χ2n) is 5.77. The smallest absolute Gasteiger partial charge is 0.219 e. The number of hydrogen-bond donors (Lipinski definition) is 0. The van der Waals surface area contributed by atoms with Crippen LogP contribution in [0.5, 0.6) is 0 Å². The molecule has 0 radical (unpaired) electrons. The number of rotatable bonds is 3. The fourth-order valence-corrected chi connectivity index (χ4v) is 2.69. The highest BCUT2D eigenvalue weighted by atomic mass is 16.2. The van der Waals surface area contributed by atoms with Crippen LogP contribution >= 0.6 is 0 Å². The molecule has 2 aliphatic rings. The first kappa shape index (κ1) is 10.9. The Kier molecular flexibility index (Phi) is 2.75. The van der Waals surface area contributed by atoms with Crippen molar-refractivity contribution in [2.75, 3.05) is 32.7 Å². The number of hydrogen-bond acceptors (Lipinski definition) is 2. The van der Waals surface area contributed by atoms with Crippen molar-refractivity contribution in [1.82, 2.24) is 9.80 Å². The van der Waals surface area contributed by atoms with Crippen molar-refractivity contribution in [3.8, 4) is 0 Å². The molecule has 0 saturated carbocycles. The van der Waals surface area contributed by atoms with E-state index < -0.39 is 0 Å². The third-order valence-corrected chi connectivity index (χ3v) is 3.64. The monoisotopic (exact) mass is 210 g/mol. The van der Waals surface area contributed by atoms with Crippen molar-refractivity contribution in [2.24, 2.45) is 11.3 Å². The van der Waals surface area contributed by atoms with Crippen LogP contribution < -0.4 is 0 Å². The molecule has 0 aromatic rings. The lowest BCUT2D eigenvalue weighted by molar-refractivity contribution is -0.156. The zero-order valence-corrected chi connectivity index (χ0v) is 10.1. The molecule has 0 aromatic heterocycles. The Morgan fingerprint density at radius 3 is 2.33 bits per heavy atom. The Balaban J connectivity index is 1.65. The summed E-state index contributed by atoms with van der Waals surface area (Å²) in [4.78, 5) is 15.5. The summed E-state index contributed by atoms with van der Waals surface area (Å²) in [6, 6.07) is 0. The second-order valence-corrected chi connectivity index (χ2v) is 5.77. The lowest BCUT2D eigenvalue weighted by atomic mass is 9.72. The summed E-state index contributed by atoms with van der Waals surface area (Å²) >= 11 is 0. The van der Waals surface area contributed by atoms with E-state index in [0.29, 0.717) is 5.41 Å². The van der Waals surface area contributed by atoms with E-state index in [9.17, 15) is 4.79 Å². The Morgan fingerprint density at radius 2 is 1.87 bits per heavy atom. The van der Waals surface area contributed by atoms with Crippen molar-refractivity contribution in [1.29, 1.82) is 0 Å². The SMILES string of the molecule is CC(=O)N1CC2(CN(CCC(C)C)C2)C1. The predicted molar refractivity (Wildman–Crippen MR) is 60.6 cm³/mol. The molecule has 0 aromatic carbocycles. The van der Waals surface area contributed by atoms with Crippen molar-refractivity contribution in [3.05, 3.63) is 0 Å². The molecule has 2 heterocycles. The summed E-state index contributed by atoms with van der Waals surface area (Å²) < 4.78 is 0. The van der Waals surface area contributed by atoms with Gasteiger partial charge < -0.3 is 9.80 Å². The van der Waals surface area contributed by atoms with E-state index >= 15 is 0 Å². The molecule has 0 unspecified atom stereocenters. The molecule has 1 amide bonds. The van der Waals surface area contributed by atoms with Gasteiger partial charge in [-0.3, -0.25) is 4.79 Å². The maximum Gasteiger partial charge on any atom is 0.219 e. The molecule has 3 nitrogen and oxygen atoms in total. The summed E-state index contributed by atoms with van der Waals surface area (Å²) in [6.45, 7) is 11.9. The van der Waals surface area contributed by atoms with Gasteiger partial charge in [-0.1, -0.05) is 13.8 Å². The van der Waals surface area contributed by atoms with Gasteiger partial charge in [0, 0.05) is 38.5 Å². The molecule has 0 aliphatic carbocycles. The molecule has 2 saturated heterocycles. The van der Waals surface area contributed by atoms with Gasteiger partial charge in [-0.05, 0) is 18.9 Å². The van der Waals surface area contributed by atoms with E-state index in [1.54, 1.807) is 6.92 Å². The van der Waals surface area contributed by atoms with Crippen molar-refractivity contribution >= 4 is 5.91 Å². The zero-order chi connectivity index (χ0) is 11.1. The first-order valence-electron chi connectivity index (χ1n) is 5.99. The normalized spacial score (nSPS) is 24.1. The lowest BCUT2D eigenvalue weighted by Gasteiger charge is -2.60. The molecule has 0 N–H and O–H groups in total. The molecule has 15 heavy (non-hydrogen) atoms. The third-order valence-electron chi connectivity index (χ3n) is 3.64. The lowest BCUT2D eigenvalue weighted by Crippen LogP contribution is -2.72. The predicted octanol–water partition coefficient (Wildman–Crippen LogP) is 1.20. The van der Waals surface area contributed by atoms with Crippen LogP contribution in [0.1, 0.15) is 27.2 Å². The Bertz CT molecular complexity index is 248. The van der Waals surface area contributed by atoms with Crippen molar-refractivity contribution in [2.45, 2.75) is 27.2 Å². The molecule has 0 atom stereocenters. The highest BCUT2D eigenvalue weighted by Crippen LogP contribution is 2.39. The summed E-state index contributed by atoms with van der Waals surface area (Å²) in [5.41, 5.74) is 0.489. The summed E-state index contributed by atoms with van der Waals surface area (Å²) in [7, 11) is 0. The van der Waals surface area contributed by atoms with Crippen LogP contribution in [0.25, 0.3) is 0 Å². The first-order valence-corrected chi connectivity index (χ1v) is 5.99. The van der Waals surface area contributed by atoms with Gasteiger partial charge in [0.1, 0.15) is 0 Å². The summed E-state index contributed by atoms with van der Waals surface area (Å²) in [5.74, 6) is 1.04. The van der Waals surface area contributed by atoms with Gasteiger partial charge in [0.25, 0.3) is 0 Å². The summed E-state index contributed by atoms with van der Waals surface area (Å²) in [6.07, 6.45) is 1.30. The molecule has 2 aliphatic heterocycles. The van der Waals surface area contributed by atoms with Gasteiger partial charge in [0.05, 0.1) is 0 Å². The highest BCUT2D eigenvalue weighted by Gasteiger charge is 2.51. The van der Waals surface area contributed by atoms with E-state index in [1.165, 1.54) is 26.1 Å². The molecule has 2 rings (SSSR count).